The number of halogens is 6. The van der Waals surface area contributed by atoms with E-state index in [2.05, 4.69) is 4.18 Å². The number of rotatable bonds is 7. The summed E-state index contributed by atoms with van der Waals surface area (Å²) in [5.74, 6) is -6.16. The third-order valence-corrected chi connectivity index (χ3v) is 8.47. The third kappa shape index (κ3) is 3.80. The number of benzene rings is 1. The molecule has 1 N–H and O–H groups in total. The van der Waals surface area contributed by atoms with Crippen molar-refractivity contribution >= 4 is 31.1 Å². The molecule has 1 fully saturated rings. The molecule has 28 heavy (non-hydrogen) atoms. The van der Waals surface area contributed by atoms with Gasteiger partial charge in [-0.15, -0.1) is 0 Å². The summed E-state index contributed by atoms with van der Waals surface area (Å²) in [4.78, 5) is 0.747. The number of hydrogen-bond acceptors (Lipinski definition) is 5. The first-order valence-electron chi connectivity index (χ1n) is 7.37. The van der Waals surface area contributed by atoms with E-state index in [-0.39, 0.29) is 10.9 Å². The van der Waals surface area contributed by atoms with E-state index in [1.165, 1.54) is 12.1 Å². The number of hydrogen-bond donors (Lipinski definition) is 1. The Morgan fingerprint density at radius 3 is 1.75 bits per heavy atom. The van der Waals surface area contributed by atoms with Crippen molar-refractivity contribution in [2.24, 2.45) is 0 Å². The van der Waals surface area contributed by atoms with Crippen LogP contribution in [0.3, 0.4) is 0 Å². The first-order chi connectivity index (χ1) is 12.5. The molecule has 1 aromatic rings. The first kappa shape index (κ1) is 23.1. The molecule has 2 rings (SSSR count). The van der Waals surface area contributed by atoms with E-state index in [9.17, 15) is 43.2 Å². The van der Waals surface area contributed by atoms with E-state index in [1.54, 1.807) is 0 Å². The van der Waals surface area contributed by atoms with E-state index in [0.717, 1.165) is 41.4 Å². The van der Waals surface area contributed by atoms with Crippen LogP contribution in [0.1, 0.15) is 12.8 Å². The zero-order valence-corrected chi connectivity index (χ0v) is 16.1. The average molecular weight is 475 g/mol. The van der Waals surface area contributed by atoms with E-state index in [4.69, 9.17) is 4.55 Å². The highest BCUT2D eigenvalue weighted by Crippen LogP contribution is 2.50. The van der Waals surface area contributed by atoms with E-state index >= 15 is 0 Å². The van der Waals surface area contributed by atoms with Gasteiger partial charge in [0.05, 0.1) is 0 Å². The fraction of sp³-hybridized carbons (Fsp3) is 0.538. The van der Waals surface area contributed by atoms with Crippen LogP contribution in [0.15, 0.2) is 29.2 Å². The van der Waals surface area contributed by atoms with Gasteiger partial charge in [-0.05, 0) is 37.1 Å². The van der Waals surface area contributed by atoms with Crippen molar-refractivity contribution in [3.8, 4) is 5.75 Å². The van der Waals surface area contributed by atoms with Crippen LogP contribution >= 0.6 is 0 Å². The van der Waals surface area contributed by atoms with Crippen LogP contribution < -0.4 is 4.18 Å². The molecule has 1 saturated heterocycles. The molecule has 0 aromatic heterocycles. The summed E-state index contributed by atoms with van der Waals surface area (Å²) in [5.41, 5.74) is 0. The molecule has 0 radical (unpaired) electrons. The maximum absolute atomic E-state index is 13.7. The molecule has 0 aliphatic carbocycles. The van der Waals surface area contributed by atoms with Gasteiger partial charge in [-0.1, -0.05) is 0 Å². The van der Waals surface area contributed by atoms with Gasteiger partial charge in [0.15, 0.2) is 4.90 Å². The zero-order chi connectivity index (χ0) is 21.6. The Morgan fingerprint density at radius 2 is 1.32 bits per heavy atom. The first-order valence-corrected chi connectivity index (χ1v) is 11.8. The quantitative estimate of drug-likeness (QED) is 0.282. The van der Waals surface area contributed by atoms with Gasteiger partial charge in [0.25, 0.3) is 0 Å². The Kier molecular flexibility index (Phi) is 5.98. The fourth-order valence-electron chi connectivity index (χ4n) is 2.25. The lowest BCUT2D eigenvalue weighted by molar-refractivity contribution is -0.247. The van der Waals surface area contributed by atoms with Crippen molar-refractivity contribution in [1.29, 1.82) is 0 Å². The summed E-state index contributed by atoms with van der Waals surface area (Å²) in [5, 5.41) is -13.5. The highest BCUT2D eigenvalue weighted by Gasteiger charge is 2.83. The molecule has 15 heteroatoms. The minimum Gasteiger partial charge on any atom is -0.378 e. The summed E-state index contributed by atoms with van der Waals surface area (Å²) >= 11 is 0. The molecule has 0 atom stereocenters. The lowest BCUT2D eigenvalue weighted by Crippen LogP contribution is -2.61. The van der Waals surface area contributed by atoms with Gasteiger partial charge in [-0.2, -0.15) is 43.2 Å². The zero-order valence-electron chi connectivity index (χ0n) is 13.6. The number of alkyl halides is 6. The summed E-state index contributed by atoms with van der Waals surface area (Å²) in [6.45, 7) is 0. The monoisotopic (exact) mass is 475 g/mol. The van der Waals surface area contributed by atoms with E-state index < -0.39 is 42.4 Å². The maximum Gasteiger partial charge on any atom is 0.450 e. The standard InChI is InChI=1S/C13H12F6O6S3/c14-11(15,12(16,17)27(20,21)22)13(18,19)28(23,24)25-9-3-5-10(6-4-9)26-7-1-2-8-26/h3-6H,1-2,7-8H2/p+1. The molecule has 0 unspecified atom stereocenters. The van der Waals surface area contributed by atoms with Crippen LogP contribution in [0.25, 0.3) is 0 Å². The van der Waals surface area contributed by atoms with E-state index in [1.807, 2.05) is 0 Å². The highest BCUT2D eigenvalue weighted by molar-refractivity contribution is 7.97. The molecule has 0 saturated carbocycles. The minimum atomic E-state index is -7.07. The second-order valence-electron chi connectivity index (χ2n) is 5.70. The van der Waals surface area contributed by atoms with Crippen molar-refractivity contribution in [3.05, 3.63) is 24.3 Å². The Bertz CT molecular complexity index is 924. The summed E-state index contributed by atoms with van der Waals surface area (Å²) in [6.07, 6.45) is 1.94. The smallest absolute Gasteiger partial charge is 0.378 e. The van der Waals surface area contributed by atoms with Crippen molar-refractivity contribution < 1.29 is 51.9 Å². The van der Waals surface area contributed by atoms with Crippen molar-refractivity contribution in [1.82, 2.24) is 0 Å². The SMILES string of the molecule is O=S(=O)(O)C(F)(F)C(F)(F)C(F)(F)S(=O)(=O)Oc1ccc([S+]2CCCC2)cc1. The summed E-state index contributed by atoms with van der Waals surface area (Å²) in [7, 11) is -14.0. The molecule has 160 valence electrons. The Morgan fingerprint density at radius 1 is 0.857 bits per heavy atom. The van der Waals surface area contributed by atoms with Crippen LogP contribution in [-0.2, 0) is 31.1 Å². The molecular weight excluding hydrogens is 462 g/mol. The van der Waals surface area contributed by atoms with Gasteiger partial charge in [0.2, 0.25) is 0 Å². The molecule has 1 aliphatic heterocycles. The summed E-state index contributed by atoms with van der Waals surface area (Å²) < 4.78 is 136. The van der Waals surface area contributed by atoms with Crippen molar-refractivity contribution in [3.63, 3.8) is 0 Å². The van der Waals surface area contributed by atoms with Crippen LogP contribution in [-0.4, -0.2) is 49.3 Å². The van der Waals surface area contributed by atoms with Crippen LogP contribution in [0, 0.1) is 0 Å². The van der Waals surface area contributed by atoms with E-state index in [0.29, 0.717) is 0 Å². The lowest BCUT2D eigenvalue weighted by Gasteiger charge is -2.29. The minimum absolute atomic E-state index is 0.142. The molecular formula is C13H13F6O6S3+. The molecule has 6 nitrogen and oxygen atoms in total. The lowest BCUT2D eigenvalue weighted by atomic mass is 10.3. The highest BCUT2D eigenvalue weighted by atomic mass is 32.2. The molecule has 1 aromatic carbocycles. The maximum atomic E-state index is 13.7. The average Bonchev–Trinajstić information content (AvgIpc) is 3.08. The fourth-order valence-corrected chi connectivity index (χ4v) is 5.98. The van der Waals surface area contributed by atoms with Gasteiger partial charge in [-0.25, -0.2) is 0 Å². The van der Waals surface area contributed by atoms with Crippen LogP contribution in [0.4, 0.5) is 26.3 Å². The van der Waals surface area contributed by atoms with Crippen molar-refractivity contribution in [2.45, 2.75) is 34.2 Å². The topological polar surface area (TPSA) is 97.7 Å². The Hall–Kier alpha value is -1.19. The van der Waals surface area contributed by atoms with Gasteiger partial charge in [0.1, 0.15) is 17.3 Å². The largest absolute Gasteiger partial charge is 0.450 e. The molecule has 0 spiro atoms. The van der Waals surface area contributed by atoms with Gasteiger partial charge >= 0.3 is 36.7 Å². The molecule has 1 aliphatic rings. The van der Waals surface area contributed by atoms with Crippen LogP contribution in [0.5, 0.6) is 5.75 Å². The Labute approximate surface area is 159 Å². The molecule has 0 amide bonds. The Balaban J connectivity index is 2.32. The van der Waals surface area contributed by atoms with Gasteiger partial charge in [-0.3, -0.25) is 4.55 Å². The third-order valence-electron chi connectivity index (χ3n) is 3.76. The predicted octanol–water partition coefficient (Wildman–Crippen LogP) is 2.87. The van der Waals surface area contributed by atoms with Gasteiger partial charge < -0.3 is 4.18 Å². The predicted molar refractivity (Wildman–Crippen MR) is 87.0 cm³/mol. The summed E-state index contributed by atoms with van der Waals surface area (Å²) in [6, 6.07) is 4.41. The van der Waals surface area contributed by atoms with Crippen LogP contribution in [0.2, 0.25) is 0 Å². The van der Waals surface area contributed by atoms with Crippen molar-refractivity contribution in [2.75, 3.05) is 11.5 Å². The molecule has 0 bridgehead atoms. The molecule has 1 heterocycles. The van der Waals surface area contributed by atoms with Gasteiger partial charge in [0, 0.05) is 10.9 Å². The second kappa shape index (κ2) is 7.25. The second-order valence-corrected chi connectivity index (χ2v) is 11.0. The normalized spacial score (nSPS) is 17.7.